The van der Waals surface area contributed by atoms with Crippen LogP contribution in [-0.2, 0) is 0 Å². The lowest BCUT2D eigenvalue weighted by atomic mass is 10.0. The van der Waals surface area contributed by atoms with Crippen LogP contribution in [0.1, 0.15) is 27.8 Å². The van der Waals surface area contributed by atoms with Crippen LogP contribution in [0.15, 0.2) is 74.9 Å². The van der Waals surface area contributed by atoms with E-state index in [1.54, 1.807) is 35.6 Å². The van der Waals surface area contributed by atoms with Crippen molar-refractivity contribution in [3.05, 3.63) is 86.4 Å². The smallest absolute Gasteiger partial charge is 0.349 e. The number of benzene rings is 2. The van der Waals surface area contributed by atoms with Crippen LogP contribution in [0.4, 0.5) is 11.4 Å². The molecule has 0 radical (unpaired) electrons. The highest BCUT2D eigenvalue weighted by Gasteiger charge is 2.26. The standard InChI is InChI=1S/C23H18N2O3S/c1-13-10-11-20(29-13)17-12-18(25-16-8-4-3-7-15(16)24-17)21-22(26)14-6-2-5-9-19(14)28-23(21)27/h2-11,17,24,26H,12H2,1H3. The number of aliphatic imine (C=N–C) groups is 1. The number of anilines is 1. The summed E-state index contributed by atoms with van der Waals surface area (Å²) in [6.07, 6.45) is 0.450. The second-order valence-electron chi connectivity index (χ2n) is 7.03. The zero-order chi connectivity index (χ0) is 20.0. The van der Waals surface area contributed by atoms with Crippen molar-refractivity contribution in [2.75, 3.05) is 5.32 Å². The van der Waals surface area contributed by atoms with Gasteiger partial charge in [0.2, 0.25) is 0 Å². The van der Waals surface area contributed by atoms with Gasteiger partial charge >= 0.3 is 5.63 Å². The Morgan fingerprint density at radius 2 is 1.90 bits per heavy atom. The monoisotopic (exact) mass is 402 g/mol. The molecule has 2 aromatic carbocycles. The lowest BCUT2D eigenvalue weighted by molar-refractivity contribution is 0.466. The Morgan fingerprint density at radius 1 is 1.10 bits per heavy atom. The first kappa shape index (κ1) is 17.7. The summed E-state index contributed by atoms with van der Waals surface area (Å²) < 4.78 is 5.49. The number of aromatic hydroxyl groups is 1. The van der Waals surface area contributed by atoms with E-state index in [2.05, 4.69) is 24.4 Å². The molecular formula is C23H18N2O3S. The first-order valence-electron chi connectivity index (χ1n) is 9.35. The minimum absolute atomic E-state index is 0.0682. The molecule has 1 unspecified atom stereocenters. The quantitative estimate of drug-likeness (QED) is 0.431. The molecular weight excluding hydrogens is 384 g/mol. The fraction of sp³-hybridized carbons (Fsp3) is 0.130. The average Bonchev–Trinajstić information content (AvgIpc) is 3.05. The van der Waals surface area contributed by atoms with Gasteiger partial charge in [-0.2, -0.15) is 0 Å². The molecule has 0 saturated heterocycles. The lowest BCUT2D eigenvalue weighted by Gasteiger charge is -2.17. The summed E-state index contributed by atoms with van der Waals surface area (Å²) in [7, 11) is 0. The Hall–Kier alpha value is -3.38. The van der Waals surface area contributed by atoms with Crippen LogP contribution in [0.3, 0.4) is 0 Å². The highest BCUT2D eigenvalue weighted by molar-refractivity contribution is 7.12. The Morgan fingerprint density at radius 3 is 2.72 bits per heavy atom. The third-order valence-electron chi connectivity index (χ3n) is 5.07. The Bertz CT molecular complexity index is 1320. The molecule has 2 N–H and O–H groups in total. The third kappa shape index (κ3) is 3.11. The second kappa shape index (κ2) is 6.90. The summed E-state index contributed by atoms with van der Waals surface area (Å²) in [5.74, 6) is -0.0870. The van der Waals surface area contributed by atoms with Crippen LogP contribution >= 0.6 is 11.3 Å². The van der Waals surface area contributed by atoms with Crippen LogP contribution in [-0.4, -0.2) is 10.8 Å². The molecule has 2 aromatic heterocycles. The van der Waals surface area contributed by atoms with Gasteiger partial charge in [-0.3, -0.25) is 4.99 Å². The van der Waals surface area contributed by atoms with Gasteiger partial charge in [0.15, 0.2) is 0 Å². The molecule has 0 saturated carbocycles. The van der Waals surface area contributed by atoms with E-state index in [0.717, 1.165) is 16.3 Å². The summed E-state index contributed by atoms with van der Waals surface area (Å²) in [5.41, 5.74) is 2.03. The molecule has 144 valence electrons. The average molecular weight is 402 g/mol. The number of hydrogen-bond donors (Lipinski definition) is 2. The number of para-hydroxylation sites is 3. The maximum atomic E-state index is 12.8. The summed E-state index contributed by atoms with van der Waals surface area (Å²) in [4.78, 5) is 19.9. The molecule has 1 atom stereocenters. The summed E-state index contributed by atoms with van der Waals surface area (Å²) in [6, 6.07) is 18.8. The number of aryl methyl sites for hydroxylation is 1. The minimum Gasteiger partial charge on any atom is -0.506 e. The predicted molar refractivity (Wildman–Crippen MR) is 117 cm³/mol. The van der Waals surface area contributed by atoms with E-state index in [-0.39, 0.29) is 17.4 Å². The van der Waals surface area contributed by atoms with Crippen molar-refractivity contribution >= 4 is 39.4 Å². The van der Waals surface area contributed by atoms with Crippen LogP contribution in [0.25, 0.3) is 11.0 Å². The van der Waals surface area contributed by atoms with Crippen LogP contribution in [0.2, 0.25) is 0 Å². The van der Waals surface area contributed by atoms with Crippen LogP contribution < -0.4 is 10.9 Å². The first-order valence-corrected chi connectivity index (χ1v) is 10.2. The van der Waals surface area contributed by atoms with Crippen LogP contribution in [0, 0.1) is 6.92 Å². The van der Waals surface area contributed by atoms with Gasteiger partial charge in [0.25, 0.3) is 0 Å². The highest BCUT2D eigenvalue weighted by Crippen LogP contribution is 2.38. The van der Waals surface area contributed by atoms with Gasteiger partial charge in [-0.05, 0) is 43.3 Å². The van der Waals surface area contributed by atoms with Crippen molar-refractivity contribution in [1.29, 1.82) is 0 Å². The van der Waals surface area contributed by atoms with E-state index in [0.29, 0.717) is 23.1 Å². The Balaban J connectivity index is 1.72. The summed E-state index contributed by atoms with van der Waals surface area (Å²) >= 11 is 1.70. The van der Waals surface area contributed by atoms with Crippen molar-refractivity contribution in [2.45, 2.75) is 19.4 Å². The fourth-order valence-corrected chi connectivity index (χ4v) is 4.60. The maximum Gasteiger partial charge on any atom is 0.349 e. The van der Waals surface area contributed by atoms with Gasteiger partial charge in [0, 0.05) is 16.2 Å². The predicted octanol–water partition coefficient (Wildman–Crippen LogP) is 5.55. The zero-order valence-corrected chi connectivity index (χ0v) is 16.5. The lowest BCUT2D eigenvalue weighted by Crippen LogP contribution is -2.19. The Kier molecular flexibility index (Phi) is 4.21. The molecule has 0 spiro atoms. The minimum atomic E-state index is -0.583. The molecule has 0 amide bonds. The number of nitrogens with zero attached hydrogens (tertiary/aromatic N) is 1. The third-order valence-corrected chi connectivity index (χ3v) is 6.18. The molecule has 0 aliphatic carbocycles. The Labute approximate surface area is 171 Å². The molecule has 3 heterocycles. The number of hydrogen-bond acceptors (Lipinski definition) is 6. The maximum absolute atomic E-state index is 12.8. The van der Waals surface area contributed by atoms with Gasteiger partial charge in [-0.1, -0.05) is 24.3 Å². The van der Waals surface area contributed by atoms with Crippen molar-refractivity contribution < 1.29 is 9.52 Å². The van der Waals surface area contributed by atoms with Gasteiger partial charge in [0.05, 0.1) is 28.5 Å². The van der Waals surface area contributed by atoms with Crippen molar-refractivity contribution in [3.63, 3.8) is 0 Å². The van der Waals surface area contributed by atoms with Crippen molar-refractivity contribution in [1.82, 2.24) is 0 Å². The molecule has 6 heteroatoms. The second-order valence-corrected chi connectivity index (χ2v) is 8.35. The topological polar surface area (TPSA) is 74.8 Å². The van der Waals surface area contributed by atoms with Gasteiger partial charge in [0.1, 0.15) is 16.9 Å². The van der Waals surface area contributed by atoms with Gasteiger partial charge in [-0.15, -0.1) is 11.3 Å². The van der Waals surface area contributed by atoms with Crippen LogP contribution in [0.5, 0.6) is 5.75 Å². The van der Waals surface area contributed by atoms with E-state index in [1.165, 1.54) is 4.88 Å². The molecule has 1 aliphatic rings. The summed E-state index contributed by atoms with van der Waals surface area (Å²) in [5, 5.41) is 15.0. The van der Waals surface area contributed by atoms with E-state index >= 15 is 0 Å². The molecule has 5 rings (SSSR count). The molecule has 29 heavy (non-hydrogen) atoms. The number of nitrogens with one attached hydrogen (secondary N) is 1. The van der Waals surface area contributed by atoms with Gasteiger partial charge in [-0.25, -0.2) is 4.79 Å². The molecule has 1 aliphatic heterocycles. The molecule has 0 bridgehead atoms. The van der Waals surface area contributed by atoms with Crippen molar-refractivity contribution in [3.8, 4) is 5.75 Å². The summed E-state index contributed by atoms with van der Waals surface area (Å²) in [6.45, 7) is 2.07. The van der Waals surface area contributed by atoms with E-state index in [4.69, 9.17) is 9.41 Å². The molecule has 4 aromatic rings. The fourth-order valence-electron chi connectivity index (χ4n) is 3.67. The molecule has 5 nitrogen and oxygen atoms in total. The van der Waals surface area contributed by atoms with Gasteiger partial charge < -0.3 is 14.8 Å². The largest absolute Gasteiger partial charge is 0.506 e. The first-order chi connectivity index (χ1) is 14.1. The zero-order valence-electron chi connectivity index (χ0n) is 15.7. The number of thiophene rings is 1. The normalized spacial score (nSPS) is 16.0. The van der Waals surface area contributed by atoms with E-state index in [9.17, 15) is 9.90 Å². The highest BCUT2D eigenvalue weighted by atomic mass is 32.1. The van der Waals surface area contributed by atoms with Crippen molar-refractivity contribution in [2.24, 2.45) is 4.99 Å². The molecule has 0 fully saturated rings. The number of rotatable bonds is 2. The number of fused-ring (bicyclic) bond motifs is 2. The SMILES string of the molecule is Cc1ccc(C2CC(c3c(O)c4ccccc4oc3=O)=Nc3ccccc3N2)s1. The van der Waals surface area contributed by atoms with E-state index < -0.39 is 5.63 Å². The van der Waals surface area contributed by atoms with E-state index in [1.807, 2.05) is 24.3 Å².